The highest BCUT2D eigenvalue weighted by molar-refractivity contribution is 6.09. The minimum Gasteiger partial charge on any atom is -0.504 e. The molecule has 0 saturated heterocycles. The van der Waals surface area contributed by atoms with Gasteiger partial charge in [-0.05, 0) is 35.4 Å². The molecule has 0 aromatic heterocycles. The Hall–Kier alpha value is -5.45. The summed E-state index contributed by atoms with van der Waals surface area (Å²) in [4.78, 5) is 34.0. The molecule has 0 atom stereocenters. The first-order valence-electron chi connectivity index (χ1n) is 10.2. The summed E-state index contributed by atoms with van der Waals surface area (Å²) in [6.07, 6.45) is 0. The molecule has 0 amide bonds. The number of ketones is 1. The lowest BCUT2D eigenvalue weighted by atomic mass is 9.96. The molecule has 4 aromatic rings. The maximum Gasteiger partial charge on any atom is 0.322 e. The maximum atomic E-state index is 12.9. The van der Waals surface area contributed by atoms with Crippen LogP contribution in [0.4, 0.5) is 11.4 Å². The van der Waals surface area contributed by atoms with Crippen molar-refractivity contribution < 1.29 is 35.1 Å². The van der Waals surface area contributed by atoms with E-state index in [-0.39, 0.29) is 28.0 Å². The van der Waals surface area contributed by atoms with Crippen molar-refractivity contribution in [2.75, 3.05) is 0 Å². The number of nitro groups is 2. The van der Waals surface area contributed by atoms with Crippen molar-refractivity contribution >= 4 is 17.2 Å². The zero-order chi connectivity index (χ0) is 26.1. The van der Waals surface area contributed by atoms with Crippen LogP contribution in [0.2, 0.25) is 0 Å². The van der Waals surface area contributed by atoms with Gasteiger partial charge in [-0.15, -0.1) is 0 Å². The van der Waals surface area contributed by atoms with Crippen molar-refractivity contribution in [3.05, 3.63) is 104 Å². The summed E-state index contributed by atoms with van der Waals surface area (Å²) < 4.78 is 0. The topological polar surface area (TPSA) is 184 Å². The van der Waals surface area contributed by atoms with E-state index in [4.69, 9.17) is 0 Å². The third-order valence-electron chi connectivity index (χ3n) is 5.54. The number of phenols is 4. The van der Waals surface area contributed by atoms with E-state index < -0.39 is 44.2 Å². The molecule has 0 bridgehead atoms. The predicted octanol–water partition coefficient (Wildman–Crippen LogP) is 4.89. The Kier molecular flexibility index (Phi) is 5.97. The zero-order valence-electron chi connectivity index (χ0n) is 18.2. The molecule has 0 aliphatic heterocycles. The van der Waals surface area contributed by atoms with E-state index in [2.05, 4.69) is 0 Å². The largest absolute Gasteiger partial charge is 0.504 e. The van der Waals surface area contributed by atoms with Crippen LogP contribution < -0.4 is 0 Å². The fraction of sp³-hybridized carbons (Fsp3) is 0. The highest BCUT2D eigenvalue weighted by atomic mass is 16.6. The normalized spacial score (nSPS) is 10.7. The number of phenolic OH excluding ortho intramolecular Hbond substituents is 4. The minimum absolute atomic E-state index is 0.0531. The smallest absolute Gasteiger partial charge is 0.322 e. The molecule has 180 valence electrons. The minimum atomic E-state index is -0.861. The average molecular weight is 488 g/mol. The Morgan fingerprint density at radius 2 is 0.889 bits per heavy atom. The van der Waals surface area contributed by atoms with Crippen molar-refractivity contribution in [3.8, 4) is 45.3 Å². The second-order valence-electron chi connectivity index (χ2n) is 7.66. The number of carbonyl (C=O) groups excluding carboxylic acids is 1. The fourth-order valence-corrected chi connectivity index (χ4v) is 3.74. The van der Waals surface area contributed by atoms with Crippen molar-refractivity contribution in [3.63, 3.8) is 0 Å². The monoisotopic (exact) mass is 488 g/mol. The summed E-state index contributed by atoms with van der Waals surface area (Å²) in [5.41, 5.74) is -0.0460. The van der Waals surface area contributed by atoms with Gasteiger partial charge in [0.15, 0.2) is 17.3 Å². The third-order valence-corrected chi connectivity index (χ3v) is 5.54. The van der Waals surface area contributed by atoms with Gasteiger partial charge in [-0.1, -0.05) is 48.5 Å². The van der Waals surface area contributed by atoms with Crippen LogP contribution in [0.25, 0.3) is 22.3 Å². The van der Waals surface area contributed by atoms with Crippen molar-refractivity contribution in [2.45, 2.75) is 0 Å². The SMILES string of the molecule is O=C(c1ccc(-c2ccc(O)c(O)c2[N+](=O)[O-])cc1)c1ccc(-c2ccc(O)c(O)c2[N+](=O)[O-])cc1. The molecule has 0 unspecified atom stereocenters. The van der Waals surface area contributed by atoms with E-state index in [1.54, 1.807) is 0 Å². The van der Waals surface area contributed by atoms with E-state index in [1.165, 1.54) is 60.7 Å². The molecule has 11 heteroatoms. The standard InChI is InChI=1S/C25H16N2O9/c28-19-11-9-17(21(24(19)31)26(33)34)13-1-5-15(6-2-13)23(30)16-7-3-14(4-8-16)18-10-12-20(29)25(32)22(18)27(35)36/h1-12,28-29,31-32H. The molecule has 0 aliphatic carbocycles. The van der Waals surface area contributed by atoms with Crippen LogP contribution in [-0.2, 0) is 0 Å². The van der Waals surface area contributed by atoms with E-state index >= 15 is 0 Å². The first kappa shape index (κ1) is 23.7. The van der Waals surface area contributed by atoms with E-state index in [0.29, 0.717) is 11.1 Å². The number of carbonyl (C=O) groups is 1. The van der Waals surface area contributed by atoms with Crippen molar-refractivity contribution in [2.24, 2.45) is 0 Å². The Bertz CT molecular complexity index is 1410. The van der Waals surface area contributed by atoms with Gasteiger partial charge in [0.2, 0.25) is 11.5 Å². The fourth-order valence-electron chi connectivity index (χ4n) is 3.74. The molecular weight excluding hydrogens is 472 g/mol. The summed E-state index contributed by atoms with van der Waals surface area (Å²) in [5.74, 6) is -3.37. The molecule has 0 spiro atoms. The molecule has 4 N–H and O–H groups in total. The average Bonchev–Trinajstić information content (AvgIpc) is 2.86. The van der Waals surface area contributed by atoms with Crippen LogP contribution in [0, 0.1) is 20.2 Å². The summed E-state index contributed by atoms with van der Waals surface area (Å²) in [6, 6.07) is 16.4. The molecule has 0 saturated carbocycles. The number of hydrogen-bond acceptors (Lipinski definition) is 9. The zero-order valence-corrected chi connectivity index (χ0v) is 18.2. The second-order valence-corrected chi connectivity index (χ2v) is 7.66. The van der Waals surface area contributed by atoms with Crippen LogP contribution in [0.5, 0.6) is 23.0 Å². The number of nitro benzene ring substituents is 2. The Balaban J connectivity index is 1.64. The summed E-state index contributed by atoms with van der Waals surface area (Å²) in [7, 11) is 0. The number of benzene rings is 4. The van der Waals surface area contributed by atoms with Gasteiger partial charge in [-0.3, -0.25) is 25.0 Å². The van der Waals surface area contributed by atoms with Crippen LogP contribution >= 0.6 is 0 Å². The van der Waals surface area contributed by atoms with Gasteiger partial charge in [0, 0.05) is 11.1 Å². The molecule has 11 nitrogen and oxygen atoms in total. The van der Waals surface area contributed by atoms with Gasteiger partial charge in [-0.25, -0.2) is 0 Å². The Morgan fingerprint density at radius 1 is 0.556 bits per heavy atom. The molecule has 0 radical (unpaired) electrons. The number of rotatable bonds is 6. The number of aromatic hydroxyl groups is 4. The third kappa shape index (κ3) is 4.12. The molecule has 0 fully saturated rings. The van der Waals surface area contributed by atoms with Gasteiger partial charge in [-0.2, -0.15) is 0 Å². The first-order chi connectivity index (χ1) is 17.1. The Morgan fingerprint density at radius 3 is 1.19 bits per heavy atom. The van der Waals surface area contributed by atoms with Crippen molar-refractivity contribution in [1.82, 2.24) is 0 Å². The van der Waals surface area contributed by atoms with Crippen LogP contribution in [0.15, 0.2) is 72.8 Å². The molecular formula is C25H16N2O9. The van der Waals surface area contributed by atoms with E-state index in [9.17, 15) is 45.4 Å². The van der Waals surface area contributed by atoms with E-state index in [0.717, 1.165) is 12.1 Å². The van der Waals surface area contributed by atoms with Crippen LogP contribution in [0.3, 0.4) is 0 Å². The molecule has 0 aliphatic rings. The van der Waals surface area contributed by atoms with Gasteiger partial charge in [0.25, 0.3) is 0 Å². The van der Waals surface area contributed by atoms with Crippen LogP contribution in [0.1, 0.15) is 15.9 Å². The maximum absolute atomic E-state index is 12.9. The van der Waals surface area contributed by atoms with E-state index in [1.807, 2.05) is 0 Å². The molecule has 0 heterocycles. The van der Waals surface area contributed by atoms with Gasteiger partial charge < -0.3 is 20.4 Å². The first-order valence-corrected chi connectivity index (χ1v) is 10.2. The second kappa shape index (κ2) is 9.06. The highest BCUT2D eigenvalue weighted by Gasteiger charge is 2.25. The predicted molar refractivity (Wildman–Crippen MR) is 127 cm³/mol. The summed E-state index contributed by atoms with van der Waals surface area (Å²) in [5, 5.41) is 61.6. The molecule has 36 heavy (non-hydrogen) atoms. The highest BCUT2D eigenvalue weighted by Crippen LogP contribution is 2.43. The lowest BCUT2D eigenvalue weighted by molar-refractivity contribution is -0.385. The lowest BCUT2D eigenvalue weighted by Gasteiger charge is -2.08. The summed E-state index contributed by atoms with van der Waals surface area (Å²) in [6.45, 7) is 0. The van der Waals surface area contributed by atoms with Crippen LogP contribution in [-0.4, -0.2) is 36.1 Å². The summed E-state index contributed by atoms with van der Waals surface area (Å²) >= 11 is 0. The van der Waals surface area contributed by atoms with Gasteiger partial charge in [0.1, 0.15) is 0 Å². The Labute approximate surface area is 202 Å². The quantitative estimate of drug-likeness (QED) is 0.127. The molecule has 4 rings (SSSR count). The van der Waals surface area contributed by atoms with Crippen molar-refractivity contribution in [1.29, 1.82) is 0 Å². The van der Waals surface area contributed by atoms with Gasteiger partial charge >= 0.3 is 11.4 Å². The number of hydrogen-bond donors (Lipinski definition) is 4. The number of nitrogens with zero attached hydrogens (tertiary/aromatic N) is 2. The van der Waals surface area contributed by atoms with Gasteiger partial charge in [0.05, 0.1) is 21.0 Å². The molecule has 4 aromatic carbocycles. The lowest BCUT2D eigenvalue weighted by Crippen LogP contribution is -2.01.